The lowest BCUT2D eigenvalue weighted by atomic mass is 10.2. The Balaban J connectivity index is 2.08. The molecule has 1 saturated heterocycles. The summed E-state index contributed by atoms with van der Waals surface area (Å²) in [6.07, 6.45) is 4.76. The van der Waals surface area contributed by atoms with Crippen molar-refractivity contribution in [2.24, 2.45) is 10.7 Å². The number of rotatable bonds is 10. The van der Waals surface area contributed by atoms with Gasteiger partial charge in [-0.3, -0.25) is 0 Å². The fraction of sp³-hybridized carbons (Fsp3) is 0.476. The lowest BCUT2D eigenvalue weighted by molar-refractivity contribution is 0.231. The van der Waals surface area contributed by atoms with Crippen molar-refractivity contribution in [3.8, 4) is 0 Å². The average Bonchev–Trinajstić information content (AvgIpc) is 2.71. The quantitative estimate of drug-likeness (QED) is 0.286. The van der Waals surface area contributed by atoms with E-state index < -0.39 is 0 Å². The summed E-state index contributed by atoms with van der Waals surface area (Å²) in [6, 6.07) is 8.45. The van der Waals surface area contributed by atoms with Gasteiger partial charge in [0.25, 0.3) is 0 Å². The van der Waals surface area contributed by atoms with Crippen LogP contribution < -0.4 is 16.0 Å². The Morgan fingerprint density at radius 2 is 1.93 bits per heavy atom. The van der Waals surface area contributed by atoms with Crippen LogP contribution in [0.25, 0.3) is 0 Å². The van der Waals surface area contributed by atoms with Crippen molar-refractivity contribution >= 4 is 17.7 Å². The van der Waals surface area contributed by atoms with Crippen LogP contribution >= 0.6 is 0 Å². The van der Waals surface area contributed by atoms with Gasteiger partial charge in [0.05, 0.1) is 6.34 Å². The van der Waals surface area contributed by atoms with Crippen molar-refractivity contribution in [3.05, 3.63) is 48.5 Å². The Kier molecular flexibility index (Phi) is 8.71. The third-order valence-corrected chi connectivity index (χ3v) is 4.63. The number of likely N-dealkylation sites (N-methyl/N-ethyl adjacent to an activating group) is 1. The highest BCUT2D eigenvalue weighted by molar-refractivity contribution is 5.60. The van der Waals surface area contributed by atoms with E-state index in [-0.39, 0.29) is 0 Å². The number of ether oxygens (including phenoxy) is 1. The second kappa shape index (κ2) is 11.3. The minimum Gasteiger partial charge on any atom is -0.490 e. The number of benzene rings is 1. The van der Waals surface area contributed by atoms with E-state index in [1.165, 1.54) is 12.0 Å². The number of hydrogen-bond donors (Lipinski definition) is 2. The van der Waals surface area contributed by atoms with Gasteiger partial charge in [0.1, 0.15) is 12.4 Å². The van der Waals surface area contributed by atoms with Gasteiger partial charge in [-0.1, -0.05) is 26.5 Å². The Bertz CT molecular complexity index is 630. The number of piperazine rings is 1. The zero-order valence-corrected chi connectivity index (χ0v) is 16.7. The lowest BCUT2D eigenvalue weighted by Gasteiger charge is -2.35. The normalized spacial score (nSPS) is 16.3. The first kappa shape index (κ1) is 20.8. The third-order valence-electron chi connectivity index (χ3n) is 4.63. The maximum Gasteiger partial charge on any atom is 0.170 e. The van der Waals surface area contributed by atoms with Gasteiger partial charge in [0.2, 0.25) is 0 Å². The molecule has 1 aromatic carbocycles. The van der Waals surface area contributed by atoms with Crippen LogP contribution in [-0.4, -0.2) is 50.6 Å². The van der Waals surface area contributed by atoms with E-state index in [1.807, 2.05) is 0 Å². The fourth-order valence-electron chi connectivity index (χ4n) is 3.11. The van der Waals surface area contributed by atoms with Crippen LogP contribution in [0.5, 0.6) is 0 Å². The van der Waals surface area contributed by atoms with E-state index in [0.717, 1.165) is 57.0 Å². The van der Waals surface area contributed by atoms with E-state index in [4.69, 9.17) is 10.5 Å². The maximum absolute atomic E-state index is 5.78. The average molecular weight is 372 g/mol. The summed E-state index contributed by atoms with van der Waals surface area (Å²) in [5.74, 6) is 1.43. The summed E-state index contributed by atoms with van der Waals surface area (Å²) in [4.78, 5) is 9.18. The first-order chi connectivity index (χ1) is 13.2. The zero-order valence-electron chi connectivity index (χ0n) is 16.7. The number of nitrogens with one attached hydrogen (secondary N) is 1. The van der Waals surface area contributed by atoms with Gasteiger partial charge >= 0.3 is 0 Å². The van der Waals surface area contributed by atoms with Crippen molar-refractivity contribution in [1.82, 2.24) is 4.90 Å². The summed E-state index contributed by atoms with van der Waals surface area (Å²) in [7, 11) is 0. The van der Waals surface area contributed by atoms with Crippen LogP contribution in [0, 0.1) is 0 Å². The van der Waals surface area contributed by atoms with Crippen molar-refractivity contribution in [1.29, 1.82) is 0 Å². The van der Waals surface area contributed by atoms with E-state index in [0.29, 0.717) is 12.4 Å². The Morgan fingerprint density at radius 1 is 1.22 bits per heavy atom. The maximum atomic E-state index is 5.78. The second-order valence-electron chi connectivity index (χ2n) is 6.49. The molecule has 1 aliphatic rings. The first-order valence-corrected chi connectivity index (χ1v) is 9.77. The fourth-order valence-corrected chi connectivity index (χ4v) is 3.11. The van der Waals surface area contributed by atoms with E-state index >= 15 is 0 Å². The van der Waals surface area contributed by atoms with Gasteiger partial charge in [-0.2, -0.15) is 0 Å². The molecule has 0 saturated carbocycles. The predicted molar refractivity (Wildman–Crippen MR) is 115 cm³/mol. The number of hydrogen-bond acceptors (Lipinski definition) is 5. The van der Waals surface area contributed by atoms with E-state index in [1.54, 1.807) is 6.08 Å². The molecule has 0 atom stereocenters. The molecule has 1 aromatic rings. The molecular weight excluding hydrogens is 338 g/mol. The molecule has 0 unspecified atom stereocenters. The smallest absolute Gasteiger partial charge is 0.170 e. The SMILES string of the molecule is C=CCO/C(CCC)=C(/N=CN)Nc1ccc(N2CCN(CC)CC2)cc1. The molecule has 0 spiro atoms. The molecule has 1 aliphatic heterocycles. The van der Waals surface area contributed by atoms with Crippen LogP contribution in [-0.2, 0) is 4.74 Å². The molecule has 3 N–H and O–H groups in total. The summed E-state index contributed by atoms with van der Waals surface area (Å²) in [5.41, 5.74) is 7.75. The number of nitrogens with two attached hydrogens (primary N) is 1. The molecule has 27 heavy (non-hydrogen) atoms. The zero-order chi connectivity index (χ0) is 19.5. The molecule has 6 heteroatoms. The molecule has 0 radical (unpaired) electrons. The molecule has 2 rings (SSSR count). The van der Waals surface area contributed by atoms with Crippen molar-refractivity contribution in [2.45, 2.75) is 26.7 Å². The summed E-state index contributed by atoms with van der Waals surface area (Å²) in [6.45, 7) is 14.0. The molecule has 6 nitrogen and oxygen atoms in total. The van der Waals surface area contributed by atoms with Crippen LogP contribution in [0.3, 0.4) is 0 Å². The van der Waals surface area contributed by atoms with Gasteiger partial charge in [-0.05, 0) is 37.2 Å². The first-order valence-electron chi connectivity index (χ1n) is 9.77. The van der Waals surface area contributed by atoms with Gasteiger partial charge in [-0.15, -0.1) is 0 Å². The summed E-state index contributed by atoms with van der Waals surface area (Å²) in [5, 5.41) is 3.34. The van der Waals surface area contributed by atoms with Gasteiger partial charge in [0, 0.05) is 44.0 Å². The van der Waals surface area contributed by atoms with Crippen molar-refractivity contribution < 1.29 is 4.74 Å². The monoisotopic (exact) mass is 371 g/mol. The minimum atomic E-state index is 0.448. The molecule has 148 valence electrons. The molecule has 0 aliphatic carbocycles. The number of allylic oxidation sites excluding steroid dienone is 1. The van der Waals surface area contributed by atoms with Crippen molar-refractivity contribution in [3.63, 3.8) is 0 Å². The van der Waals surface area contributed by atoms with Crippen molar-refractivity contribution in [2.75, 3.05) is 49.5 Å². The van der Waals surface area contributed by atoms with Gasteiger partial charge in [0.15, 0.2) is 5.82 Å². The van der Waals surface area contributed by atoms with Crippen LogP contribution in [0.15, 0.2) is 53.5 Å². The van der Waals surface area contributed by atoms with E-state index in [2.05, 4.69) is 64.8 Å². The summed E-state index contributed by atoms with van der Waals surface area (Å²) >= 11 is 0. The Morgan fingerprint density at radius 3 is 2.48 bits per heavy atom. The number of aliphatic imine (C=N–C) groups is 1. The molecule has 0 amide bonds. The molecule has 1 heterocycles. The van der Waals surface area contributed by atoms with Crippen LogP contribution in [0.1, 0.15) is 26.7 Å². The molecular formula is C21H33N5O. The van der Waals surface area contributed by atoms with E-state index in [9.17, 15) is 0 Å². The third kappa shape index (κ3) is 6.32. The molecule has 1 fully saturated rings. The Labute approximate surface area is 163 Å². The predicted octanol–water partition coefficient (Wildman–Crippen LogP) is 3.40. The summed E-state index contributed by atoms with van der Waals surface area (Å²) < 4.78 is 5.78. The van der Waals surface area contributed by atoms with Crippen LogP contribution in [0.4, 0.5) is 11.4 Å². The topological polar surface area (TPSA) is 66.1 Å². The number of anilines is 2. The minimum absolute atomic E-state index is 0.448. The van der Waals surface area contributed by atoms with Gasteiger partial charge < -0.3 is 25.6 Å². The highest BCUT2D eigenvalue weighted by Gasteiger charge is 2.15. The highest BCUT2D eigenvalue weighted by atomic mass is 16.5. The molecule has 0 bridgehead atoms. The highest BCUT2D eigenvalue weighted by Crippen LogP contribution is 2.22. The van der Waals surface area contributed by atoms with Gasteiger partial charge in [-0.25, -0.2) is 4.99 Å². The second-order valence-corrected chi connectivity index (χ2v) is 6.49. The lowest BCUT2D eigenvalue weighted by Crippen LogP contribution is -2.46. The standard InChI is InChI=1S/C21H33N5O/c1-4-7-20(27-16-5-2)21(23-17-22)24-18-8-10-19(11-9-18)26-14-12-25(6-3)13-15-26/h5,8-11,17,24H,2,4,6-7,12-16H2,1,3H3,(H2,22,23)/b21-20-. The number of nitrogens with zero attached hydrogens (tertiary/aromatic N) is 3. The Hall–Kier alpha value is -2.47. The van der Waals surface area contributed by atoms with Crippen LogP contribution in [0.2, 0.25) is 0 Å². The molecule has 0 aromatic heterocycles. The largest absolute Gasteiger partial charge is 0.490 e.